The molecule has 0 spiro atoms. The van der Waals surface area contributed by atoms with Crippen LogP contribution in [-0.4, -0.2) is 70.3 Å². The van der Waals surface area contributed by atoms with E-state index in [2.05, 4.69) is 16.0 Å². The van der Waals surface area contributed by atoms with Crippen molar-refractivity contribution < 1.29 is 19.1 Å². The summed E-state index contributed by atoms with van der Waals surface area (Å²) in [4.78, 5) is 24.1. The zero-order chi connectivity index (χ0) is 19.2. The van der Waals surface area contributed by atoms with Gasteiger partial charge in [0.2, 0.25) is 5.91 Å². The van der Waals surface area contributed by atoms with Crippen LogP contribution < -0.4 is 16.0 Å². The maximum atomic E-state index is 12.5. The summed E-state index contributed by atoms with van der Waals surface area (Å²) >= 11 is 0. The lowest BCUT2D eigenvalue weighted by Crippen LogP contribution is -2.53. The number of hydrogen-bond acceptors (Lipinski definition) is 6. The molecule has 0 saturated carbocycles. The third kappa shape index (κ3) is 11.3. The van der Waals surface area contributed by atoms with E-state index in [0.717, 1.165) is 6.54 Å². The Hall–Kier alpha value is -1.02. The number of hydrogen-bond donors (Lipinski definition) is 3. The summed E-state index contributed by atoms with van der Waals surface area (Å²) in [6, 6.07) is -0.794. The van der Waals surface area contributed by atoms with Gasteiger partial charge in [-0.3, -0.25) is 9.59 Å². The summed E-state index contributed by atoms with van der Waals surface area (Å²) in [5.41, 5.74) is 0. The number of ketones is 1. The van der Waals surface area contributed by atoms with Crippen LogP contribution in [0.2, 0.25) is 0 Å². The standard InChI is InChI=1S/C18H37N3O4/c1-13(2)16(15(5)22)21-18(23)17(14(3)4)20-8-10-25-12-11-24-9-7-19-6/h13-14,16-17,19-20H,7-12H2,1-6H3,(H,21,23)/t16-,17-/m1/s1. The Morgan fingerprint density at radius 3 is 1.80 bits per heavy atom. The smallest absolute Gasteiger partial charge is 0.237 e. The van der Waals surface area contributed by atoms with E-state index >= 15 is 0 Å². The molecule has 0 aromatic rings. The predicted octanol–water partition coefficient (Wildman–Crippen LogP) is 0.583. The molecule has 7 heteroatoms. The zero-order valence-electron chi connectivity index (χ0n) is 16.7. The number of carbonyl (C=O) groups is 2. The van der Waals surface area contributed by atoms with Crippen molar-refractivity contribution in [1.29, 1.82) is 0 Å². The first-order valence-electron chi connectivity index (χ1n) is 9.15. The number of carbonyl (C=O) groups excluding carboxylic acids is 2. The predicted molar refractivity (Wildman–Crippen MR) is 99.6 cm³/mol. The largest absolute Gasteiger partial charge is 0.378 e. The van der Waals surface area contributed by atoms with Crippen LogP contribution in [0.1, 0.15) is 34.6 Å². The van der Waals surface area contributed by atoms with Crippen molar-refractivity contribution in [3.8, 4) is 0 Å². The Labute approximate surface area is 152 Å². The minimum atomic E-state index is -0.443. The van der Waals surface area contributed by atoms with Gasteiger partial charge in [-0.1, -0.05) is 27.7 Å². The second kappa shape index (κ2) is 14.2. The molecule has 0 heterocycles. The Bertz CT molecular complexity index is 375. The summed E-state index contributed by atoms with van der Waals surface area (Å²) in [5, 5.41) is 9.08. The first-order chi connectivity index (χ1) is 11.8. The van der Waals surface area contributed by atoms with Gasteiger partial charge in [0.05, 0.1) is 38.5 Å². The second-order valence-corrected chi connectivity index (χ2v) is 6.85. The molecule has 0 aromatic carbocycles. The number of nitrogens with one attached hydrogen (secondary N) is 3. The lowest BCUT2D eigenvalue weighted by Gasteiger charge is -2.26. The van der Waals surface area contributed by atoms with Crippen LogP contribution >= 0.6 is 0 Å². The normalized spacial score (nSPS) is 13.9. The fourth-order valence-corrected chi connectivity index (χ4v) is 2.39. The molecule has 0 fully saturated rings. The lowest BCUT2D eigenvalue weighted by molar-refractivity contribution is -0.129. The van der Waals surface area contributed by atoms with Gasteiger partial charge in [-0.15, -0.1) is 0 Å². The molecular weight excluding hydrogens is 322 g/mol. The SMILES string of the molecule is CNCCOCCOCCN[C@@H](C(=O)N[C@@H](C(C)=O)C(C)C)C(C)C. The van der Waals surface area contributed by atoms with E-state index in [-0.39, 0.29) is 29.6 Å². The third-order valence-electron chi connectivity index (χ3n) is 3.83. The van der Waals surface area contributed by atoms with E-state index < -0.39 is 6.04 Å². The first-order valence-corrected chi connectivity index (χ1v) is 9.15. The summed E-state index contributed by atoms with van der Waals surface area (Å²) in [6.45, 7) is 13.0. The molecule has 3 N–H and O–H groups in total. The minimum Gasteiger partial charge on any atom is -0.378 e. The van der Waals surface area contributed by atoms with Crippen molar-refractivity contribution in [3.05, 3.63) is 0 Å². The molecule has 0 aromatic heterocycles. The van der Waals surface area contributed by atoms with E-state index in [4.69, 9.17) is 9.47 Å². The van der Waals surface area contributed by atoms with Gasteiger partial charge in [0, 0.05) is 13.1 Å². The molecule has 2 atom stereocenters. The van der Waals surface area contributed by atoms with E-state index in [1.165, 1.54) is 6.92 Å². The fraction of sp³-hybridized carbons (Fsp3) is 0.889. The van der Waals surface area contributed by atoms with Crippen molar-refractivity contribution >= 4 is 11.7 Å². The summed E-state index contributed by atoms with van der Waals surface area (Å²) in [5.74, 6) is 0.0249. The molecular formula is C18H37N3O4. The third-order valence-corrected chi connectivity index (χ3v) is 3.83. The van der Waals surface area contributed by atoms with Gasteiger partial charge in [0.25, 0.3) is 0 Å². The van der Waals surface area contributed by atoms with Crippen LogP contribution in [0.15, 0.2) is 0 Å². The van der Waals surface area contributed by atoms with Gasteiger partial charge >= 0.3 is 0 Å². The van der Waals surface area contributed by atoms with Gasteiger partial charge in [-0.2, -0.15) is 0 Å². The minimum absolute atomic E-state index is 0.0209. The van der Waals surface area contributed by atoms with Gasteiger partial charge in [-0.05, 0) is 25.8 Å². The van der Waals surface area contributed by atoms with Gasteiger partial charge in [0.1, 0.15) is 0 Å². The molecule has 0 aliphatic heterocycles. The van der Waals surface area contributed by atoms with Crippen LogP contribution in [0, 0.1) is 11.8 Å². The average Bonchev–Trinajstić information content (AvgIpc) is 2.53. The summed E-state index contributed by atoms with van der Waals surface area (Å²) in [6.07, 6.45) is 0. The highest BCUT2D eigenvalue weighted by Gasteiger charge is 2.27. The van der Waals surface area contributed by atoms with Crippen molar-refractivity contribution in [2.45, 2.75) is 46.7 Å². The van der Waals surface area contributed by atoms with Gasteiger partial charge in [0.15, 0.2) is 5.78 Å². The Morgan fingerprint density at radius 2 is 1.36 bits per heavy atom. The molecule has 25 heavy (non-hydrogen) atoms. The number of Topliss-reactive ketones (excluding diaryl/α,β-unsaturated/α-hetero) is 1. The number of rotatable bonds is 15. The number of ether oxygens (including phenoxy) is 2. The van der Waals surface area contributed by atoms with Crippen molar-refractivity contribution in [1.82, 2.24) is 16.0 Å². The fourth-order valence-electron chi connectivity index (χ4n) is 2.39. The molecule has 148 valence electrons. The Balaban J connectivity index is 4.13. The molecule has 0 aliphatic rings. The van der Waals surface area contributed by atoms with Crippen LogP contribution in [-0.2, 0) is 19.1 Å². The highest BCUT2D eigenvalue weighted by atomic mass is 16.5. The summed E-state index contributed by atoms with van der Waals surface area (Å²) < 4.78 is 10.9. The second-order valence-electron chi connectivity index (χ2n) is 6.85. The molecule has 0 unspecified atom stereocenters. The lowest BCUT2D eigenvalue weighted by atomic mass is 9.98. The topological polar surface area (TPSA) is 88.7 Å². The van der Waals surface area contributed by atoms with Crippen LogP contribution in [0.25, 0.3) is 0 Å². The van der Waals surface area contributed by atoms with Crippen LogP contribution in [0.4, 0.5) is 0 Å². The van der Waals surface area contributed by atoms with E-state index in [9.17, 15) is 9.59 Å². The van der Waals surface area contributed by atoms with E-state index in [1.54, 1.807) is 0 Å². The monoisotopic (exact) mass is 359 g/mol. The number of amides is 1. The van der Waals surface area contributed by atoms with Crippen molar-refractivity contribution in [2.24, 2.45) is 11.8 Å². The molecule has 1 amide bonds. The zero-order valence-corrected chi connectivity index (χ0v) is 16.7. The maximum absolute atomic E-state index is 12.5. The average molecular weight is 360 g/mol. The maximum Gasteiger partial charge on any atom is 0.237 e. The molecule has 0 radical (unpaired) electrons. The van der Waals surface area contributed by atoms with E-state index in [0.29, 0.717) is 33.0 Å². The number of likely N-dealkylation sites (N-methyl/N-ethyl adjacent to an activating group) is 1. The molecule has 0 bridgehead atoms. The quantitative estimate of drug-likeness (QED) is 0.371. The summed E-state index contributed by atoms with van der Waals surface area (Å²) in [7, 11) is 1.88. The van der Waals surface area contributed by atoms with Gasteiger partial charge in [-0.25, -0.2) is 0 Å². The first kappa shape index (κ1) is 24.0. The highest BCUT2D eigenvalue weighted by Crippen LogP contribution is 2.06. The van der Waals surface area contributed by atoms with E-state index in [1.807, 2.05) is 34.7 Å². The molecule has 7 nitrogen and oxygen atoms in total. The highest BCUT2D eigenvalue weighted by molar-refractivity contribution is 5.89. The Kier molecular flexibility index (Phi) is 13.6. The molecule has 0 rings (SSSR count). The van der Waals surface area contributed by atoms with Crippen LogP contribution in [0.5, 0.6) is 0 Å². The Morgan fingerprint density at radius 1 is 0.840 bits per heavy atom. The van der Waals surface area contributed by atoms with Crippen molar-refractivity contribution in [3.63, 3.8) is 0 Å². The molecule has 0 aliphatic carbocycles. The van der Waals surface area contributed by atoms with Crippen molar-refractivity contribution in [2.75, 3.05) is 46.6 Å². The van der Waals surface area contributed by atoms with Crippen LogP contribution in [0.3, 0.4) is 0 Å². The van der Waals surface area contributed by atoms with Gasteiger partial charge < -0.3 is 25.4 Å². The molecule has 0 saturated heterocycles.